The van der Waals surface area contributed by atoms with Gasteiger partial charge in [-0.15, -0.1) is 0 Å². The SMILES string of the molecule is CCCc1cc(C(=O)O)cc(-c2cc(-c3cc(CCC)cc(C(=O)O)c3)cc(-c3cc(CCC)cc(C(=O)O)c3)c2)c1. The number of hydrogen-bond acceptors (Lipinski definition) is 3. The van der Waals surface area contributed by atoms with Crippen molar-refractivity contribution < 1.29 is 29.7 Å². The van der Waals surface area contributed by atoms with Crippen molar-refractivity contribution in [3.8, 4) is 33.4 Å². The zero-order valence-electron chi connectivity index (χ0n) is 24.2. The molecule has 216 valence electrons. The van der Waals surface area contributed by atoms with E-state index < -0.39 is 17.9 Å². The van der Waals surface area contributed by atoms with E-state index in [0.29, 0.717) is 0 Å². The molecular weight excluding hydrogens is 528 g/mol. The number of carbonyl (C=O) groups is 3. The van der Waals surface area contributed by atoms with Crippen molar-refractivity contribution in [2.75, 3.05) is 0 Å². The summed E-state index contributed by atoms with van der Waals surface area (Å²) in [5.74, 6) is -3.04. The molecule has 0 amide bonds. The Hall–Kier alpha value is -4.71. The van der Waals surface area contributed by atoms with E-state index >= 15 is 0 Å². The second kappa shape index (κ2) is 13.3. The molecule has 0 aromatic heterocycles. The number of rotatable bonds is 12. The van der Waals surface area contributed by atoms with Crippen LogP contribution in [0.3, 0.4) is 0 Å². The minimum atomic E-state index is -1.01. The average Bonchev–Trinajstić information content (AvgIpc) is 2.97. The number of aryl methyl sites for hydroxylation is 3. The smallest absolute Gasteiger partial charge is 0.335 e. The predicted molar refractivity (Wildman–Crippen MR) is 166 cm³/mol. The second-order valence-corrected chi connectivity index (χ2v) is 10.7. The van der Waals surface area contributed by atoms with Crippen LogP contribution in [0, 0.1) is 0 Å². The summed E-state index contributed by atoms with van der Waals surface area (Å²) in [6, 6.07) is 21.9. The quantitative estimate of drug-likeness (QED) is 0.159. The molecule has 4 aromatic rings. The van der Waals surface area contributed by atoms with Gasteiger partial charge in [0.1, 0.15) is 0 Å². The third-order valence-electron chi connectivity index (χ3n) is 7.27. The maximum atomic E-state index is 12.0. The Bertz CT molecular complexity index is 1440. The minimum Gasteiger partial charge on any atom is -0.478 e. The Morgan fingerprint density at radius 1 is 0.405 bits per heavy atom. The van der Waals surface area contributed by atoms with Crippen molar-refractivity contribution in [1.29, 1.82) is 0 Å². The number of hydrogen-bond donors (Lipinski definition) is 3. The number of carboxylic acid groups (broad SMARTS) is 3. The van der Waals surface area contributed by atoms with E-state index in [-0.39, 0.29) is 16.7 Å². The molecule has 3 N–H and O–H groups in total. The van der Waals surface area contributed by atoms with Crippen molar-refractivity contribution in [1.82, 2.24) is 0 Å². The lowest BCUT2D eigenvalue weighted by Crippen LogP contribution is -2.01. The molecule has 0 saturated heterocycles. The van der Waals surface area contributed by atoms with Crippen LogP contribution in [0.5, 0.6) is 0 Å². The summed E-state index contributed by atoms with van der Waals surface area (Å²) in [4.78, 5) is 36.0. The molecule has 0 aliphatic heterocycles. The van der Waals surface area contributed by atoms with Gasteiger partial charge in [0.2, 0.25) is 0 Å². The van der Waals surface area contributed by atoms with Gasteiger partial charge in [0.25, 0.3) is 0 Å². The fourth-order valence-corrected chi connectivity index (χ4v) is 5.37. The summed E-state index contributed by atoms with van der Waals surface area (Å²) in [5.41, 5.74) is 7.79. The zero-order chi connectivity index (χ0) is 30.4. The van der Waals surface area contributed by atoms with Crippen molar-refractivity contribution in [3.63, 3.8) is 0 Å². The maximum Gasteiger partial charge on any atom is 0.335 e. The molecule has 42 heavy (non-hydrogen) atoms. The Morgan fingerprint density at radius 3 is 0.857 bits per heavy atom. The zero-order valence-corrected chi connectivity index (χ0v) is 24.2. The van der Waals surface area contributed by atoms with Gasteiger partial charge in [0, 0.05) is 0 Å². The van der Waals surface area contributed by atoms with Crippen LogP contribution < -0.4 is 0 Å². The molecule has 0 radical (unpaired) electrons. The Balaban J connectivity index is 2.03. The number of aromatic carboxylic acids is 3. The fourth-order valence-electron chi connectivity index (χ4n) is 5.37. The molecule has 4 aromatic carbocycles. The highest BCUT2D eigenvalue weighted by Gasteiger charge is 2.15. The highest BCUT2D eigenvalue weighted by atomic mass is 16.4. The molecule has 0 aliphatic carbocycles. The molecule has 0 unspecified atom stereocenters. The lowest BCUT2D eigenvalue weighted by Gasteiger charge is -2.15. The molecule has 0 heterocycles. The molecule has 6 nitrogen and oxygen atoms in total. The third-order valence-corrected chi connectivity index (χ3v) is 7.27. The fraction of sp³-hybridized carbons (Fsp3) is 0.250. The van der Waals surface area contributed by atoms with E-state index in [1.807, 2.05) is 57.2 Å². The van der Waals surface area contributed by atoms with E-state index in [0.717, 1.165) is 88.6 Å². The molecular formula is C36H36O6. The van der Waals surface area contributed by atoms with Gasteiger partial charge in [-0.05, 0) is 124 Å². The summed E-state index contributed by atoms with van der Waals surface area (Å²) < 4.78 is 0. The molecule has 0 aliphatic rings. The highest BCUT2D eigenvalue weighted by molar-refractivity contribution is 5.93. The molecule has 0 spiro atoms. The monoisotopic (exact) mass is 564 g/mol. The summed E-state index contributed by atoms with van der Waals surface area (Å²) in [6.07, 6.45) is 4.75. The van der Waals surface area contributed by atoms with E-state index in [4.69, 9.17) is 0 Å². The molecule has 0 fully saturated rings. The molecule has 0 saturated carbocycles. The van der Waals surface area contributed by atoms with Crippen molar-refractivity contribution in [2.24, 2.45) is 0 Å². The van der Waals surface area contributed by atoms with Gasteiger partial charge in [-0.25, -0.2) is 14.4 Å². The first-order chi connectivity index (χ1) is 20.1. The largest absolute Gasteiger partial charge is 0.478 e. The van der Waals surface area contributed by atoms with Crippen LogP contribution in [0.1, 0.15) is 87.8 Å². The van der Waals surface area contributed by atoms with E-state index in [1.165, 1.54) is 0 Å². The molecule has 4 rings (SSSR count). The lowest BCUT2D eigenvalue weighted by atomic mass is 9.89. The van der Waals surface area contributed by atoms with Crippen molar-refractivity contribution in [2.45, 2.75) is 59.3 Å². The van der Waals surface area contributed by atoms with Crippen LogP contribution >= 0.6 is 0 Å². The van der Waals surface area contributed by atoms with Gasteiger partial charge in [0.15, 0.2) is 0 Å². The van der Waals surface area contributed by atoms with Crippen LogP contribution in [0.15, 0.2) is 72.8 Å². The predicted octanol–water partition coefficient (Wildman–Crippen LogP) is 8.64. The van der Waals surface area contributed by atoms with Gasteiger partial charge in [0.05, 0.1) is 16.7 Å². The Morgan fingerprint density at radius 2 is 0.643 bits per heavy atom. The van der Waals surface area contributed by atoms with Gasteiger partial charge < -0.3 is 15.3 Å². The summed E-state index contributed by atoms with van der Waals surface area (Å²) >= 11 is 0. The Labute approximate surface area is 246 Å². The van der Waals surface area contributed by atoms with Crippen LogP contribution in [0.4, 0.5) is 0 Å². The van der Waals surface area contributed by atoms with E-state index in [9.17, 15) is 29.7 Å². The van der Waals surface area contributed by atoms with Crippen molar-refractivity contribution in [3.05, 3.63) is 106 Å². The first kappa shape index (κ1) is 30.3. The standard InChI is InChI=1S/C36H36O6/c1-4-7-22-10-25(19-31(13-22)34(37)38)28-16-29(26-11-23(8-5-2)14-32(20-26)35(39)40)18-30(17-28)27-12-24(9-6-3)15-33(21-27)36(41)42/h10-21H,4-9H2,1-3H3,(H,37,38)(H,39,40)(H,41,42). The minimum absolute atomic E-state index is 0.194. The molecule has 0 atom stereocenters. The summed E-state index contributed by atoms with van der Waals surface area (Å²) in [6.45, 7) is 6.12. The molecule has 0 bridgehead atoms. The first-order valence-corrected chi connectivity index (χ1v) is 14.4. The molecule has 6 heteroatoms. The van der Waals surface area contributed by atoms with Gasteiger partial charge in [-0.2, -0.15) is 0 Å². The average molecular weight is 565 g/mol. The first-order valence-electron chi connectivity index (χ1n) is 14.4. The van der Waals surface area contributed by atoms with Gasteiger partial charge in [-0.3, -0.25) is 0 Å². The van der Waals surface area contributed by atoms with Gasteiger partial charge in [-0.1, -0.05) is 58.2 Å². The normalized spacial score (nSPS) is 10.9. The third kappa shape index (κ3) is 7.13. The van der Waals surface area contributed by atoms with Gasteiger partial charge >= 0.3 is 17.9 Å². The van der Waals surface area contributed by atoms with Crippen LogP contribution in [0.25, 0.3) is 33.4 Å². The highest BCUT2D eigenvalue weighted by Crippen LogP contribution is 2.36. The second-order valence-electron chi connectivity index (χ2n) is 10.7. The number of benzene rings is 4. The number of carboxylic acids is 3. The van der Waals surface area contributed by atoms with Crippen molar-refractivity contribution >= 4 is 17.9 Å². The van der Waals surface area contributed by atoms with E-state index in [2.05, 4.69) is 0 Å². The van der Waals surface area contributed by atoms with E-state index in [1.54, 1.807) is 36.4 Å². The maximum absolute atomic E-state index is 12.0. The topological polar surface area (TPSA) is 112 Å². The Kier molecular flexibility index (Phi) is 9.58. The lowest BCUT2D eigenvalue weighted by molar-refractivity contribution is 0.0686. The summed E-state index contributed by atoms with van der Waals surface area (Å²) in [7, 11) is 0. The van der Waals surface area contributed by atoms with Crippen LogP contribution in [-0.4, -0.2) is 33.2 Å². The van der Waals surface area contributed by atoms with Crippen LogP contribution in [0.2, 0.25) is 0 Å². The summed E-state index contributed by atoms with van der Waals surface area (Å²) in [5, 5.41) is 29.5. The van der Waals surface area contributed by atoms with Crippen LogP contribution in [-0.2, 0) is 19.3 Å².